The summed E-state index contributed by atoms with van der Waals surface area (Å²) in [5, 5.41) is 8.36. The minimum absolute atomic E-state index is 1.11. The summed E-state index contributed by atoms with van der Waals surface area (Å²) in [5.41, 5.74) is 2.43. The van der Waals surface area contributed by atoms with Crippen LogP contribution in [0.2, 0.25) is 0 Å². The van der Waals surface area contributed by atoms with Crippen molar-refractivity contribution in [2.45, 2.75) is 12.8 Å². The summed E-state index contributed by atoms with van der Waals surface area (Å²) in [6.45, 7) is 2.32. The lowest BCUT2D eigenvalue weighted by molar-refractivity contribution is 0.949. The molecule has 1 aromatic carbocycles. The Balaban J connectivity index is 2.17. The molecular weight excluding hydrogens is 254 g/mol. The van der Waals surface area contributed by atoms with Gasteiger partial charge in [-0.1, -0.05) is 15.9 Å². The minimum atomic E-state index is 1.11. The van der Waals surface area contributed by atoms with Gasteiger partial charge in [0.05, 0.1) is 17.4 Å². The van der Waals surface area contributed by atoms with Gasteiger partial charge in [0.15, 0.2) is 0 Å². The first-order valence-electron chi connectivity index (χ1n) is 5.23. The fourth-order valence-electron chi connectivity index (χ4n) is 2.21. The van der Waals surface area contributed by atoms with Crippen molar-refractivity contribution in [3.63, 3.8) is 0 Å². The largest absolute Gasteiger partial charge is 0.370 e. The molecule has 0 atom stereocenters. The Morgan fingerprint density at radius 1 is 1.27 bits per heavy atom. The molecule has 2 heterocycles. The number of fused-ring (bicyclic) bond motifs is 1. The summed E-state index contributed by atoms with van der Waals surface area (Å²) in [6.07, 6.45) is 4.47. The Bertz CT molecular complexity index is 486. The van der Waals surface area contributed by atoms with Crippen LogP contribution in [0.15, 0.2) is 22.8 Å². The van der Waals surface area contributed by atoms with Gasteiger partial charge < -0.3 is 4.90 Å². The summed E-state index contributed by atoms with van der Waals surface area (Å²) in [7, 11) is 0. The predicted molar refractivity (Wildman–Crippen MR) is 65.2 cm³/mol. The summed E-state index contributed by atoms with van der Waals surface area (Å²) in [6, 6.07) is 4.27. The number of hydrogen-bond acceptors (Lipinski definition) is 2. The van der Waals surface area contributed by atoms with Gasteiger partial charge in [-0.2, -0.15) is 5.10 Å². The first kappa shape index (κ1) is 9.21. The van der Waals surface area contributed by atoms with Gasteiger partial charge in [0, 0.05) is 22.9 Å². The minimum Gasteiger partial charge on any atom is -0.370 e. The van der Waals surface area contributed by atoms with Crippen LogP contribution >= 0.6 is 15.9 Å². The number of nitrogens with zero attached hydrogens (tertiary/aromatic N) is 2. The maximum atomic E-state index is 4.11. The third-order valence-corrected chi connectivity index (χ3v) is 3.68. The molecular formula is C11H12BrN3. The summed E-state index contributed by atoms with van der Waals surface area (Å²) >= 11 is 3.54. The number of H-pyrrole nitrogens is 1. The fraction of sp³-hybridized carbons (Fsp3) is 0.364. The molecule has 1 aliphatic rings. The Labute approximate surface area is 96.6 Å². The second kappa shape index (κ2) is 3.52. The van der Waals surface area contributed by atoms with E-state index in [0.29, 0.717) is 0 Å². The van der Waals surface area contributed by atoms with E-state index in [0.717, 1.165) is 23.1 Å². The van der Waals surface area contributed by atoms with Crippen molar-refractivity contribution in [1.29, 1.82) is 0 Å². The molecule has 0 aliphatic carbocycles. The number of benzene rings is 1. The topological polar surface area (TPSA) is 31.9 Å². The highest BCUT2D eigenvalue weighted by atomic mass is 79.9. The van der Waals surface area contributed by atoms with Crippen LogP contribution in [0.5, 0.6) is 0 Å². The molecule has 15 heavy (non-hydrogen) atoms. The van der Waals surface area contributed by atoms with E-state index in [1.165, 1.54) is 23.9 Å². The van der Waals surface area contributed by atoms with E-state index < -0.39 is 0 Å². The molecule has 1 aliphatic heterocycles. The van der Waals surface area contributed by atoms with Crippen LogP contribution < -0.4 is 4.90 Å². The van der Waals surface area contributed by atoms with Crippen LogP contribution in [0.25, 0.3) is 10.9 Å². The third-order valence-electron chi connectivity index (χ3n) is 2.99. The molecule has 0 bridgehead atoms. The van der Waals surface area contributed by atoms with E-state index in [2.05, 4.69) is 43.2 Å². The lowest BCUT2D eigenvalue weighted by atomic mass is 10.2. The lowest BCUT2D eigenvalue weighted by Gasteiger charge is -2.18. The molecule has 0 unspecified atom stereocenters. The Hall–Kier alpha value is -1.03. The summed E-state index contributed by atoms with van der Waals surface area (Å²) in [5.74, 6) is 0. The molecule has 0 amide bonds. The molecule has 3 nitrogen and oxygen atoms in total. The van der Waals surface area contributed by atoms with Gasteiger partial charge in [-0.3, -0.25) is 5.10 Å². The number of aromatic nitrogens is 2. The lowest BCUT2D eigenvalue weighted by Crippen LogP contribution is -2.17. The summed E-state index contributed by atoms with van der Waals surface area (Å²) in [4.78, 5) is 2.42. The van der Waals surface area contributed by atoms with Crippen LogP contribution in [0.4, 0.5) is 5.69 Å². The van der Waals surface area contributed by atoms with Crippen molar-refractivity contribution >= 4 is 32.5 Å². The molecule has 0 saturated carbocycles. The molecule has 0 spiro atoms. The number of aromatic amines is 1. The number of hydrogen-bond donors (Lipinski definition) is 1. The Kier molecular flexibility index (Phi) is 2.16. The average molecular weight is 266 g/mol. The monoisotopic (exact) mass is 265 g/mol. The number of anilines is 1. The van der Waals surface area contributed by atoms with Gasteiger partial charge in [-0.05, 0) is 25.0 Å². The van der Waals surface area contributed by atoms with E-state index >= 15 is 0 Å². The SMILES string of the molecule is Brc1ccc(N2CCCC2)c2[nH]ncc12. The van der Waals surface area contributed by atoms with Crippen LogP contribution in [0.1, 0.15) is 12.8 Å². The molecule has 2 aromatic rings. The Morgan fingerprint density at radius 3 is 2.87 bits per heavy atom. The van der Waals surface area contributed by atoms with Crippen LogP contribution in [-0.4, -0.2) is 23.3 Å². The molecule has 1 fully saturated rings. The average Bonchev–Trinajstić information content (AvgIpc) is 2.88. The van der Waals surface area contributed by atoms with Crippen molar-refractivity contribution in [2.24, 2.45) is 0 Å². The maximum absolute atomic E-state index is 4.11. The Morgan fingerprint density at radius 2 is 2.07 bits per heavy atom. The zero-order valence-corrected chi connectivity index (χ0v) is 9.92. The molecule has 78 valence electrons. The second-order valence-corrected chi connectivity index (χ2v) is 4.77. The van der Waals surface area contributed by atoms with Crippen LogP contribution in [0.3, 0.4) is 0 Å². The number of halogens is 1. The fourth-order valence-corrected chi connectivity index (χ4v) is 2.64. The molecule has 3 rings (SSSR count). The smallest absolute Gasteiger partial charge is 0.0895 e. The van der Waals surface area contributed by atoms with Crippen molar-refractivity contribution in [2.75, 3.05) is 18.0 Å². The van der Waals surface area contributed by atoms with E-state index in [-0.39, 0.29) is 0 Å². The molecule has 4 heteroatoms. The van der Waals surface area contributed by atoms with Crippen LogP contribution in [-0.2, 0) is 0 Å². The van der Waals surface area contributed by atoms with Crippen molar-refractivity contribution in [3.05, 3.63) is 22.8 Å². The highest BCUT2D eigenvalue weighted by Crippen LogP contribution is 2.32. The molecule has 0 radical (unpaired) electrons. The first-order valence-corrected chi connectivity index (χ1v) is 6.02. The van der Waals surface area contributed by atoms with Crippen molar-refractivity contribution in [1.82, 2.24) is 10.2 Å². The van der Waals surface area contributed by atoms with Crippen LogP contribution in [0, 0.1) is 0 Å². The maximum Gasteiger partial charge on any atom is 0.0895 e. The van der Waals surface area contributed by atoms with Crippen molar-refractivity contribution < 1.29 is 0 Å². The zero-order chi connectivity index (χ0) is 10.3. The van der Waals surface area contributed by atoms with E-state index in [1.807, 2.05) is 6.20 Å². The standard InChI is InChI=1S/C11H12BrN3/c12-9-3-4-10(15-5-1-2-6-15)11-8(9)7-13-14-11/h3-4,7H,1-2,5-6H2,(H,13,14). The quantitative estimate of drug-likeness (QED) is 0.860. The van der Waals surface area contributed by atoms with Gasteiger partial charge in [0.25, 0.3) is 0 Å². The molecule has 1 aromatic heterocycles. The highest BCUT2D eigenvalue weighted by Gasteiger charge is 2.16. The van der Waals surface area contributed by atoms with E-state index in [4.69, 9.17) is 0 Å². The van der Waals surface area contributed by atoms with E-state index in [1.54, 1.807) is 0 Å². The van der Waals surface area contributed by atoms with Gasteiger partial charge in [0.1, 0.15) is 0 Å². The number of nitrogens with one attached hydrogen (secondary N) is 1. The number of rotatable bonds is 1. The van der Waals surface area contributed by atoms with E-state index in [9.17, 15) is 0 Å². The van der Waals surface area contributed by atoms with Gasteiger partial charge in [0.2, 0.25) is 0 Å². The zero-order valence-electron chi connectivity index (χ0n) is 8.33. The molecule has 1 N–H and O–H groups in total. The normalized spacial score (nSPS) is 16.5. The van der Waals surface area contributed by atoms with Gasteiger partial charge in [-0.15, -0.1) is 0 Å². The third kappa shape index (κ3) is 1.44. The summed E-state index contributed by atoms with van der Waals surface area (Å²) < 4.78 is 1.11. The van der Waals surface area contributed by atoms with Gasteiger partial charge >= 0.3 is 0 Å². The first-order chi connectivity index (χ1) is 7.36. The predicted octanol–water partition coefficient (Wildman–Crippen LogP) is 2.93. The second-order valence-electron chi connectivity index (χ2n) is 3.92. The van der Waals surface area contributed by atoms with Gasteiger partial charge in [-0.25, -0.2) is 0 Å². The van der Waals surface area contributed by atoms with Crippen molar-refractivity contribution in [3.8, 4) is 0 Å². The highest BCUT2D eigenvalue weighted by molar-refractivity contribution is 9.10. The molecule has 1 saturated heterocycles.